The number of amides is 2. The zero-order valence-corrected chi connectivity index (χ0v) is 27.3. The summed E-state index contributed by atoms with van der Waals surface area (Å²) < 4.78 is 22.7. The van der Waals surface area contributed by atoms with Crippen LogP contribution in [-0.2, 0) is 16.0 Å². The maximum absolute atomic E-state index is 13.7. The van der Waals surface area contributed by atoms with E-state index in [2.05, 4.69) is 15.5 Å². The van der Waals surface area contributed by atoms with Gasteiger partial charge in [0, 0.05) is 38.7 Å². The molecule has 244 valence electrons. The second-order valence-electron chi connectivity index (χ2n) is 11.4. The maximum Gasteiger partial charge on any atom is 0.244 e. The molecule has 1 saturated heterocycles. The monoisotopic (exact) mass is 630 g/mol. The average Bonchev–Trinajstić information content (AvgIpc) is 3.31. The van der Waals surface area contributed by atoms with Gasteiger partial charge in [0.1, 0.15) is 11.8 Å². The Kier molecular flexibility index (Phi) is 9.89. The van der Waals surface area contributed by atoms with E-state index in [1.54, 1.807) is 47.5 Å². The first-order chi connectivity index (χ1) is 22.2. The number of piperazine rings is 1. The van der Waals surface area contributed by atoms with Crippen molar-refractivity contribution in [1.29, 1.82) is 0 Å². The molecule has 3 aromatic carbocycles. The molecule has 11 nitrogen and oxygen atoms in total. The highest BCUT2D eigenvalue weighted by atomic mass is 16.5. The first-order valence-electron chi connectivity index (χ1n) is 15.4. The van der Waals surface area contributed by atoms with Crippen LogP contribution in [0.25, 0.3) is 11.1 Å². The molecule has 1 aliphatic carbocycles. The van der Waals surface area contributed by atoms with Gasteiger partial charge in [-0.3, -0.25) is 14.4 Å². The van der Waals surface area contributed by atoms with E-state index >= 15 is 0 Å². The van der Waals surface area contributed by atoms with E-state index in [9.17, 15) is 14.4 Å². The van der Waals surface area contributed by atoms with Crippen LogP contribution >= 0.6 is 0 Å². The maximum atomic E-state index is 13.7. The number of anilines is 2. The third-order valence-electron chi connectivity index (χ3n) is 8.68. The molecule has 0 saturated carbocycles. The summed E-state index contributed by atoms with van der Waals surface area (Å²) in [6, 6.07) is 13.8. The summed E-state index contributed by atoms with van der Waals surface area (Å²) in [5.41, 5.74) is 4.07. The standard InChI is InChI=1S/C35H42N4O7/c1-21(35(42)39-17-15-38(16-18-39)28-9-7-8-10-30(28)43-3)36-27-14-12-24-25(20-29(27)41)26(37-22(2)40)13-11-23-19-31(44-4)33(45-5)34(46-6)32(23)24/h7-10,12,14,19-21,26H,11,13,15-18H2,1-6H3,(H,36,41)(H,37,40)/t21-,26+/m1/s1. The van der Waals surface area contributed by atoms with E-state index in [-0.39, 0.29) is 22.9 Å². The summed E-state index contributed by atoms with van der Waals surface area (Å²) >= 11 is 0. The first kappa shape index (κ1) is 32.5. The number of carbonyl (C=O) groups excluding carboxylic acids is 2. The summed E-state index contributed by atoms with van der Waals surface area (Å²) in [4.78, 5) is 43.5. The molecule has 0 aromatic heterocycles. The number of carbonyl (C=O) groups is 2. The summed E-state index contributed by atoms with van der Waals surface area (Å²) in [7, 11) is 6.33. The van der Waals surface area contributed by atoms with Crippen molar-refractivity contribution >= 4 is 23.2 Å². The van der Waals surface area contributed by atoms with Gasteiger partial charge in [-0.2, -0.15) is 0 Å². The number of nitrogens with zero attached hydrogens (tertiary/aromatic N) is 2. The smallest absolute Gasteiger partial charge is 0.244 e. The highest BCUT2D eigenvalue weighted by molar-refractivity contribution is 5.86. The van der Waals surface area contributed by atoms with Crippen LogP contribution in [0.15, 0.2) is 53.3 Å². The molecule has 5 rings (SSSR count). The third-order valence-corrected chi connectivity index (χ3v) is 8.68. The molecule has 1 aliphatic heterocycles. The average molecular weight is 631 g/mol. The van der Waals surface area contributed by atoms with Crippen LogP contribution < -0.4 is 39.9 Å². The van der Waals surface area contributed by atoms with Crippen LogP contribution in [0.3, 0.4) is 0 Å². The molecular weight excluding hydrogens is 588 g/mol. The zero-order valence-electron chi connectivity index (χ0n) is 27.3. The topological polar surface area (TPSA) is 119 Å². The van der Waals surface area contributed by atoms with Crippen molar-refractivity contribution in [3.05, 3.63) is 69.9 Å². The lowest BCUT2D eigenvalue weighted by Gasteiger charge is -2.37. The molecule has 1 fully saturated rings. The van der Waals surface area contributed by atoms with E-state index in [1.807, 2.05) is 41.3 Å². The zero-order chi connectivity index (χ0) is 33.0. The Hall–Kier alpha value is -4.93. The predicted molar refractivity (Wildman–Crippen MR) is 178 cm³/mol. The minimum atomic E-state index is -0.648. The molecule has 2 N–H and O–H groups in total. The van der Waals surface area contributed by atoms with Crippen LogP contribution in [0.2, 0.25) is 0 Å². The summed E-state index contributed by atoms with van der Waals surface area (Å²) in [6.45, 7) is 5.65. The third kappa shape index (κ3) is 6.40. The molecule has 2 amide bonds. The van der Waals surface area contributed by atoms with Crippen LogP contribution in [0.5, 0.6) is 23.0 Å². The molecule has 0 unspecified atom stereocenters. The molecule has 0 spiro atoms. The second kappa shape index (κ2) is 14.0. The fraction of sp³-hybridized carbons (Fsp3) is 0.400. The number of rotatable bonds is 9. The number of aryl methyl sites for hydroxylation is 1. The molecule has 0 radical (unpaired) electrons. The van der Waals surface area contributed by atoms with Crippen molar-refractivity contribution < 1.29 is 28.5 Å². The summed E-state index contributed by atoms with van der Waals surface area (Å²) in [5.74, 6) is 1.95. The Labute approximate surface area is 269 Å². The predicted octanol–water partition coefficient (Wildman–Crippen LogP) is 4.02. The lowest BCUT2D eigenvalue weighted by atomic mass is 9.95. The molecule has 2 aliphatic rings. The van der Waals surface area contributed by atoms with Gasteiger partial charge in [0.05, 0.1) is 45.9 Å². The van der Waals surface area contributed by atoms with E-state index in [4.69, 9.17) is 18.9 Å². The quantitative estimate of drug-likeness (QED) is 0.362. The fourth-order valence-corrected chi connectivity index (χ4v) is 6.45. The first-order valence-corrected chi connectivity index (χ1v) is 15.4. The minimum absolute atomic E-state index is 0.0906. The lowest BCUT2D eigenvalue weighted by Crippen LogP contribution is -2.52. The van der Waals surface area contributed by atoms with Crippen LogP contribution in [0.1, 0.15) is 37.4 Å². The number of ether oxygens (including phenoxy) is 4. The highest BCUT2D eigenvalue weighted by Crippen LogP contribution is 2.50. The van der Waals surface area contributed by atoms with Crippen molar-refractivity contribution in [2.45, 2.75) is 38.8 Å². The molecule has 11 heteroatoms. The lowest BCUT2D eigenvalue weighted by molar-refractivity contribution is -0.132. The minimum Gasteiger partial charge on any atom is -0.495 e. The van der Waals surface area contributed by atoms with Gasteiger partial charge in [0.25, 0.3) is 0 Å². The fourth-order valence-electron chi connectivity index (χ4n) is 6.45. The Balaban J connectivity index is 1.44. The number of fused-ring (bicyclic) bond motifs is 3. The number of para-hydroxylation sites is 2. The van der Waals surface area contributed by atoms with Gasteiger partial charge in [0.2, 0.25) is 23.0 Å². The van der Waals surface area contributed by atoms with E-state index < -0.39 is 12.1 Å². The van der Waals surface area contributed by atoms with Gasteiger partial charge in [-0.05, 0) is 66.8 Å². The van der Waals surface area contributed by atoms with Gasteiger partial charge in [0.15, 0.2) is 11.5 Å². The van der Waals surface area contributed by atoms with Crippen molar-refractivity contribution in [2.24, 2.45) is 0 Å². The number of nitrogens with one attached hydrogen (secondary N) is 2. The Morgan fingerprint density at radius 3 is 2.22 bits per heavy atom. The Morgan fingerprint density at radius 2 is 1.57 bits per heavy atom. The van der Waals surface area contributed by atoms with Gasteiger partial charge in [-0.25, -0.2) is 0 Å². The van der Waals surface area contributed by atoms with E-state index in [0.29, 0.717) is 61.8 Å². The molecule has 46 heavy (non-hydrogen) atoms. The van der Waals surface area contributed by atoms with E-state index in [1.165, 1.54) is 6.92 Å². The van der Waals surface area contributed by atoms with Crippen molar-refractivity contribution in [3.63, 3.8) is 0 Å². The molecule has 2 atom stereocenters. The number of hydrogen-bond donors (Lipinski definition) is 2. The van der Waals surface area contributed by atoms with Crippen molar-refractivity contribution in [2.75, 3.05) is 64.8 Å². The normalized spacial score (nSPS) is 16.3. The highest BCUT2D eigenvalue weighted by Gasteiger charge is 2.30. The van der Waals surface area contributed by atoms with Gasteiger partial charge in [-0.1, -0.05) is 18.2 Å². The molecule has 3 aromatic rings. The van der Waals surface area contributed by atoms with Crippen molar-refractivity contribution in [1.82, 2.24) is 10.2 Å². The summed E-state index contributed by atoms with van der Waals surface area (Å²) in [5, 5.41) is 6.19. The Bertz CT molecular complexity index is 1670. The van der Waals surface area contributed by atoms with Crippen LogP contribution in [0, 0.1) is 0 Å². The van der Waals surface area contributed by atoms with E-state index in [0.717, 1.165) is 28.1 Å². The largest absolute Gasteiger partial charge is 0.495 e. The second-order valence-corrected chi connectivity index (χ2v) is 11.4. The molecule has 0 bridgehead atoms. The van der Waals surface area contributed by atoms with Crippen LogP contribution in [0.4, 0.5) is 11.4 Å². The van der Waals surface area contributed by atoms with Crippen molar-refractivity contribution in [3.8, 4) is 34.1 Å². The molecular formula is C35H42N4O7. The number of hydrogen-bond acceptors (Lipinski definition) is 9. The molecule has 1 heterocycles. The SMILES string of the molecule is COc1ccccc1N1CCN(C(=O)[C@@H](C)Nc2ccc3c(cc2=O)[C@@H](NC(C)=O)CCc2cc(OC)c(OC)c(OC)c2-3)CC1. The van der Waals surface area contributed by atoms with Gasteiger partial charge < -0.3 is 39.4 Å². The summed E-state index contributed by atoms with van der Waals surface area (Å²) in [6.07, 6.45) is 1.16. The van der Waals surface area contributed by atoms with Gasteiger partial charge >= 0.3 is 0 Å². The van der Waals surface area contributed by atoms with Gasteiger partial charge in [-0.15, -0.1) is 0 Å². The van der Waals surface area contributed by atoms with Crippen LogP contribution in [-0.4, -0.2) is 77.4 Å². The Morgan fingerprint density at radius 1 is 0.870 bits per heavy atom. The number of benzene rings is 2. The number of methoxy groups -OCH3 is 4.